The highest BCUT2D eigenvalue weighted by atomic mass is 16.6. The van der Waals surface area contributed by atoms with Gasteiger partial charge in [-0.15, -0.1) is 0 Å². The van der Waals surface area contributed by atoms with Gasteiger partial charge in [0, 0.05) is 26.1 Å². The molecular formula is C10H18N2O3. The molecule has 0 aromatic heterocycles. The Labute approximate surface area is 90.2 Å². The van der Waals surface area contributed by atoms with Gasteiger partial charge < -0.3 is 19.3 Å². The lowest BCUT2D eigenvalue weighted by molar-refractivity contribution is -0.145. The summed E-state index contributed by atoms with van der Waals surface area (Å²) in [7, 11) is 1.96. The summed E-state index contributed by atoms with van der Waals surface area (Å²) in [4.78, 5) is 15.2. The molecule has 0 amide bonds. The van der Waals surface area contributed by atoms with Crippen LogP contribution < -0.4 is 0 Å². The van der Waals surface area contributed by atoms with Gasteiger partial charge in [0.25, 0.3) is 0 Å². The zero-order chi connectivity index (χ0) is 11.1. The Morgan fingerprint density at radius 1 is 1.40 bits per heavy atom. The van der Waals surface area contributed by atoms with Gasteiger partial charge in [-0.2, -0.15) is 0 Å². The van der Waals surface area contributed by atoms with E-state index in [1.54, 1.807) is 0 Å². The predicted octanol–water partition coefficient (Wildman–Crippen LogP) is 0.242. The van der Waals surface area contributed by atoms with E-state index < -0.39 is 0 Å². The number of carbonyl (C=O) groups excluding carboxylic acids is 1. The highest BCUT2D eigenvalue weighted by Crippen LogP contribution is 2.02. The van der Waals surface area contributed by atoms with E-state index in [9.17, 15) is 4.79 Å². The Kier molecular flexibility index (Phi) is 4.97. The SMILES string of the molecule is CCOCCOC(=O)CN1C=CN(C)C1. The smallest absolute Gasteiger partial charge is 0.325 e. The van der Waals surface area contributed by atoms with E-state index >= 15 is 0 Å². The van der Waals surface area contributed by atoms with Crippen LogP contribution in [0.25, 0.3) is 0 Å². The molecule has 5 nitrogen and oxygen atoms in total. The molecule has 0 saturated heterocycles. The van der Waals surface area contributed by atoms with E-state index in [0.717, 1.165) is 6.67 Å². The number of nitrogens with zero attached hydrogens (tertiary/aromatic N) is 2. The molecule has 0 aromatic rings. The quantitative estimate of drug-likeness (QED) is 0.468. The lowest BCUT2D eigenvalue weighted by Gasteiger charge is -2.16. The molecule has 0 fully saturated rings. The maximum atomic E-state index is 11.3. The third-order valence-corrected chi connectivity index (χ3v) is 1.96. The second-order valence-electron chi connectivity index (χ2n) is 3.36. The van der Waals surface area contributed by atoms with Crippen molar-refractivity contribution < 1.29 is 14.3 Å². The molecule has 0 bridgehead atoms. The average molecular weight is 214 g/mol. The maximum Gasteiger partial charge on any atom is 0.325 e. The second-order valence-corrected chi connectivity index (χ2v) is 3.36. The Morgan fingerprint density at radius 3 is 2.80 bits per heavy atom. The first-order valence-electron chi connectivity index (χ1n) is 5.08. The van der Waals surface area contributed by atoms with E-state index in [0.29, 0.717) is 26.4 Å². The van der Waals surface area contributed by atoms with Crippen molar-refractivity contribution in [3.05, 3.63) is 12.4 Å². The second kappa shape index (κ2) is 6.29. The van der Waals surface area contributed by atoms with Crippen molar-refractivity contribution in [3.63, 3.8) is 0 Å². The lowest BCUT2D eigenvalue weighted by atomic mass is 10.6. The fraction of sp³-hybridized carbons (Fsp3) is 0.700. The summed E-state index contributed by atoms with van der Waals surface area (Å²) in [6, 6.07) is 0. The predicted molar refractivity (Wildman–Crippen MR) is 55.9 cm³/mol. The molecule has 1 aliphatic heterocycles. The molecule has 1 rings (SSSR count). The molecule has 0 atom stereocenters. The standard InChI is InChI=1S/C10H18N2O3/c1-3-14-6-7-15-10(13)8-12-5-4-11(2)9-12/h4-5H,3,6-9H2,1-2H3. The van der Waals surface area contributed by atoms with Crippen LogP contribution in [0, 0.1) is 0 Å². The third-order valence-electron chi connectivity index (χ3n) is 1.96. The minimum Gasteiger partial charge on any atom is -0.462 e. The largest absolute Gasteiger partial charge is 0.462 e. The molecule has 0 unspecified atom stereocenters. The minimum absolute atomic E-state index is 0.213. The van der Waals surface area contributed by atoms with Gasteiger partial charge in [-0.25, -0.2) is 0 Å². The van der Waals surface area contributed by atoms with Crippen molar-refractivity contribution in [1.82, 2.24) is 9.80 Å². The van der Waals surface area contributed by atoms with Crippen molar-refractivity contribution in [3.8, 4) is 0 Å². The monoisotopic (exact) mass is 214 g/mol. The zero-order valence-electron chi connectivity index (χ0n) is 9.31. The van der Waals surface area contributed by atoms with Gasteiger partial charge in [-0.1, -0.05) is 0 Å². The molecule has 0 aliphatic carbocycles. The summed E-state index contributed by atoms with van der Waals surface area (Å²) in [5.41, 5.74) is 0. The van der Waals surface area contributed by atoms with Gasteiger partial charge in [-0.3, -0.25) is 4.79 Å². The van der Waals surface area contributed by atoms with Crippen LogP contribution in [0.3, 0.4) is 0 Å². The van der Waals surface area contributed by atoms with Crippen molar-refractivity contribution in [2.75, 3.05) is 40.1 Å². The van der Waals surface area contributed by atoms with E-state index in [1.807, 2.05) is 36.2 Å². The molecule has 15 heavy (non-hydrogen) atoms. The van der Waals surface area contributed by atoms with Gasteiger partial charge in [-0.05, 0) is 6.92 Å². The summed E-state index contributed by atoms with van der Waals surface area (Å²) < 4.78 is 10.0. The first-order chi connectivity index (χ1) is 7.22. The van der Waals surface area contributed by atoms with Gasteiger partial charge in [0.15, 0.2) is 0 Å². The first kappa shape index (κ1) is 11.8. The Balaban J connectivity index is 2.06. The van der Waals surface area contributed by atoms with Crippen molar-refractivity contribution >= 4 is 5.97 Å². The Morgan fingerprint density at radius 2 is 2.20 bits per heavy atom. The van der Waals surface area contributed by atoms with Gasteiger partial charge in [0.2, 0.25) is 0 Å². The number of rotatable bonds is 6. The Hall–Kier alpha value is -1.23. The van der Waals surface area contributed by atoms with Crippen molar-refractivity contribution in [2.45, 2.75) is 6.92 Å². The molecule has 0 saturated carbocycles. The van der Waals surface area contributed by atoms with Gasteiger partial charge >= 0.3 is 5.97 Å². The number of esters is 1. The van der Waals surface area contributed by atoms with Crippen LogP contribution in [0.2, 0.25) is 0 Å². The molecule has 1 aliphatic rings. The summed E-state index contributed by atoms with van der Waals surface area (Å²) in [6.45, 7) is 4.40. The molecule has 0 radical (unpaired) electrons. The molecule has 0 spiro atoms. The normalized spacial score (nSPS) is 14.8. The Bertz CT molecular complexity index is 231. The first-order valence-corrected chi connectivity index (χ1v) is 5.08. The van der Waals surface area contributed by atoms with E-state index in [-0.39, 0.29) is 5.97 Å². The summed E-state index contributed by atoms with van der Waals surface area (Å²) >= 11 is 0. The number of ether oxygens (including phenoxy) is 2. The van der Waals surface area contributed by atoms with Crippen LogP contribution in [0.4, 0.5) is 0 Å². The molecule has 86 valence electrons. The minimum atomic E-state index is -0.213. The average Bonchev–Trinajstić information content (AvgIpc) is 2.59. The summed E-state index contributed by atoms with van der Waals surface area (Å²) in [6.07, 6.45) is 3.80. The maximum absolute atomic E-state index is 11.3. The van der Waals surface area contributed by atoms with Gasteiger partial charge in [0.05, 0.1) is 13.3 Å². The fourth-order valence-corrected chi connectivity index (χ4v) is 1.26. The summed E-state index contributed by atoms with van der Waals surface area (Å²) in [5.74, 6) is -0.213. The molecule has 5 heteroatoms. The zero-order valence-corrected chi connectivity index (χ0v) is 9.31. The van der Waals surface area contributed by atoms with E-state index in [1.165, 1.54) is 0 Å². The van der Waals surface area contributed by atoms with Crippen LogP contribution in [-0.4, -0.2) is 55.9 Å². The van der Waals surface area contributed by atoms with Crippen molar-refractivity contribution in [2.24, 2.45) is 0 Å². The van der Waals surface area contributed by atoms with E-state index in [2.05, 4.69) is 0 Å². The van der Waals surface area contributed by atoms with Gasteiger partial charge in [0.1, 0.15) is 13.2 Å². The number of hydrogen-bond acceptors (Lipinski definition) is 5. The number of carbonyl (C=O) groups is 1. The van der Waals surface area contributed by atoms with Crippen molar-refractivity contribution in [1.29, 1.82) is 0 Å². The van der Waals surface area contributed by atoms with Crippen LogP contribution in [-0.2, 0) is 14.3 Å². The molecule has 1 heterocycles. The molecule has 0 N–H and O–H groups in total. The van der Waals surface area contributed by atoms with Crippen LogP contribution in [0.15, 0.2) is 12.4 Å². The molecule has 0 aromatic carbocycles. The third kappa shape index (κ3) is 4.69. The highest BCUT2D eigenvalue weighted by Gasteiger charge is 2.12. The molecular weight excluding hydrogens is 196 g/mol. The number of hydrogen-bond donors (Lipinski definition) is 0. The lowest BCUT2D eigenvalue weighted by Crippen LogP contribution is -2.29. The fourth-order valence-electron chi connectivity index (χ4n) is 1.26. The van der Waals surface area contributed by atoms with Crippen LogP contribution in [0.5, 0.6) is 0 Å². The summed E-state index contributed by atoms with van der Waals surface area (Å²) in [5, 5.41) is 0. The van der Waals surface area contributed by atoms with Crippen LogP contribution in [0.1, 0.15) is 6.92 Å². The van der Waals surface area contributed by atoms with Crippen LogP contribution >= 0.6 is 0 Å². The highest BCUT2D eigenvalue weighted by molar-refractivity contribution is 5.71. The van der Waals surface area contributed by atoms with E-state index in [4.69, 9.17) is 9.47 Å². The topological polar surface area (TPSA) is 42.0 Å².